The molecule has 0 saturated carbocycles. The molecule has 14 heavy (non-hydrogen) atoms. The second-order valence-corrected chi connectivity index (χ2v) is 3.96. The van der Waals surface area contributed by atoms with Crippen molar-refractivity contribution in [3.8, 4) is 0 Å². The molecule has 1 N–H and O–H groups in total. The lowest BCUT2D eigenvalue weighted by Crippen LogP contribution is -2.02. The van der Waals surface area contributed by atoms with Gasteiger partial charge in [-0.05, 0) is 28.8 Å². The molecule has 1 aliphatic rings. The Balaban J connectivity index is 2.41. The van der Waals surface area contributed by atoms with Crippen molar-refractivity contribution < 1.29 is 0 Å². The number of benzene rings is 2. The van der Waals surface area contributed by atoms with E-state index in [2.05, 4.69) is 46.1 Å². The Morgan fingerprint density at radius 2 is 2.00 bits per heavy atom. The first-order chi connectivity index (χ1) is 6.95. The zero-order valence-electron chi connectivity index (χ0n) is 7.40. The van der Waals surface area contributed by atoms with Crippen molar-refractivity contribution in [2.45, 2.75) is 4.90 Å². The smallest absolute Gasteiger partial charge is 0.0988 e. The largest absolute Gasteiger partial charge is 0.316 e. The Bertz CT molecular complexity index is 520. The second-order valence-electron chi connectivity index (χ2n) is 3.11. The van der Waals surface area contributed by atoms with E-state index < -0.39 is 0 Å². The molecule has 1 heterocycles. The van der Waals surface area contributed by atoms with Gasteiger partial charge in [-0.3, -0.25) is 0 Å². The predicted molar refractivity (Wildman–Crippen MR) is 61.1 cm³/mol. The molecule has 2 aromatic rings. The monoisotopic (exact) mass is 200 g/mol. The summed E-state index contributed by atoms with van der Waals surface area (Å²) in [5, 5.41) is 2.53. The molecule has 0 aliphatic carbocycles. The summed E-state index contributed by atoms with van der Waals surface area (Å²) in [5.41, 5.74) is 1.05. The summed E-state index contributed by atoms with van der Waals surface area (Å²) in [6.07, 6.45) is 1.72. The van der Waals surface area contributed by atoms with Crippen molar-refractivity contribution in [3.05, 3.63) is 36.4 Å². The molecule has 0 radical (unpaired) electrons. The van der Waals surface area contributed by atoms with Crippen LogP contribution in [0, 0.1) is 0 Å². The third-order valence-electron chi connectivity index (χ3n) is 2.28. The van der Waals surface area contributed by atoms with Crippen molar-refractivity contribution in [3.63, 3.8) is 0 Å². The number of aliphatic imine (C=N–C) groups is 1. The van der Waals surface area contributed by atoms with Gasteiger partial charge in [0.05, 0.1) is 16.9 Å². The van der Waals surface area contributed by atoms with Crippen molar-refractivity contribution in [2.75, 3.05) is 0 Å². The zero-order valence-corrected chi connectivity index (χ0v) is 8.21. The van der Waals surface area contributed by atoms with Gasteiger partial charge in [0.15, 0.2) is 0 Å². The van der Waals surface area contributed by atoms with Crippen molar-refractivity contribution in [2.24, 2.45) is 4.99 Å². The van der Waals surface area contributed by atoms with Crippen molar-refractivity contribution >= 4 is 34.7 Å². The fourth-order valence-electron chi connectivity index (χ4n) is 1.62. The van der Waals surface area contributed by atoms with Crippen LogP contribution >= 0.6 is 11.9 Å². The maximum absolute atomic E-state index is 4.29. The van der Waals surface area contributed by atoms with E-state index in [9.17, 15) is 0 Å². The molecule has 0 atom stereocenters. The van der Waals surface area contributed by atoms with Gasteiger partial charge in [-0.25, -0.2) is 4.99 Å². The summed E-state index contributed by atoms with van der Waals surface area (Å²) in [7, 11) is 0. The van der Waals surface area contributed by atoms with E-state index in [0.717, 1.165) is 5.69 Å². The summed E-state index contributed by atoms with van der Waals surface area (Å²) >= 11 is 1.62. The molecule has 1 aliphatic heterocycles. The van der Waals surface area contributed by atoms with Crippen LogP contribution in [0.5, 0.6) is 0 Å². The van der Waals surface area contributed by atoms with E-state index in [1.807, 2.05) is 0 Å². The van der Waals surface area contributed by atoms with Crippen molar-refractivity contribution in [1.82, 2.24) is 4.72 Å². The minimum Gasteiger partial charge on any atom is -0.316 e. The molecule has 0 saturated heterocycles. The van der Waals surface area contributed by atoms with Gasteiger partial charge in [0.25, 0.3) is 0 Å². The molecular weight excluding hydrogens is 192 g/mol. The maximum atomic E-state index is 4.29. The SMILES string of the molecule is C1=Nc2ccc3ccccc3c2SN1. The first kappa shape index (κ1) is 7.88. The molecule has 3 rings (SSSR count). The summed E-state index contributed by atoms with van der Waals surface area (Å²) in [6, 6.07) is 12.5. The van der Waals surface area contributed by atoms with E-state index in [1.165, 1.54) is 15.7 Å². The minimum atomic E-state index is 1.05. The normalized spacial score (nSPS) is 13.7. The van der Waals surface area contributed by atoms with Gasteiger partial charge in [-0.2, -0.15) is 0 Å². The van der Waals surface area contributed by atoms with Crippen LogP contribution in [-0.2, 0) is 0 Å². The molecular formula is C11H8N2S. The van der Waals surface area contributed by atoms with Crippen LogP contribution in [0.4, 0.5) is 5.69 Å². The van der Waals surface area contributed by atoms with Crippen molar-refractivity contribution in [1.29, 1.82) is 0 Å². The molecule has 0 spiro atoms. The van der Waals surface area contributed by atoms with Crippen LogP contribution in [0.2, 0.25) is 0 Å². The van der Waals surface area contributed by atoms with Crippen LogP contribution in [0.15, 0.2) is 46.3 Å². The Morgan fingerprint density at radius 3 is 3.00 bits per heavy atom. The Hall–Kier alpha value is -1.48. The van der Waals surface area contributed by atoms with E-state index in [-0.39, 0.29) is 0 Å². The molecule has 3 heteroatoms. The van der Waals surface area contributed by atoms with E-state index in [0.29, 0.717) is 0 Å². The average Bonchev–Trinajstić information content (AvgIpc) is 2.29. The predicted octanol–water partition coefficient (Wildman–Crippen LogP) is 3.11. The highest BCUT2D eigenvalue weighted by molar-refractivity contribution is 7.98. The van der Waals surface area contributed by atoms with Gasteiger partial charge in [-0.15, -0.1) is 0 Å². The first-order valence-corrected chi connectivity index (χ1v) is 5.23. The van der Waals surface area contributed by atoms with Crippen LogP contribution < -0.4 is 4.72 Å². The number of hydrogen-bond donors (Lipinski definition) is 1. The van der Waals surface area contributed by atoms with Gasteiger partial charge in [0, 0.05) is 0 Å². The van der Waals surface area contributed by atoms with E-state index >= 15 is 0 Å². The van der Waals surface area contributed by atoms with Gasteiger partial charge < -0.3 is 4.72 Å². The van der Waals surface area contributed by atoms with Gasteiger partial charge in [0.2, 0.25) is 0 Å². The highest BCUT2D eigenvalue weighted by Crippen LogP contribution is 2.36. The third-order valence-corrected chi connectivity index (χ3v) is 3.13. The highest BCUT2D eigenvalue weighted by Gasteiger charge is 2.09. The molecule has 0 fully saturated rings. The fourth-order valence-corrected chi connectivity index (χ4v) is 2.37. The lowest BCUT2D eigenvalue weighted by Gasteiger charge is -2.12. The van der Waals surface area contributed by atoms with Gasteiger partial charge in [-0.1, -0.05) is 30.3 Å². The van der Waals surface area contributed by atoms with E-state index in [4.69, 9.17) is 0 Å². The summed E-state index contributed by atoms with van der Waals surface area (Å²) in [6.45, 7) is 0. The van der Waals surface area contributed by atoms with E-state index in [1.54, 1.807) is 18.3 Å². The second kappa shape index (κ2) is 3.03. The highest BCUT2D eigenvalue weighted by atomic mass is 32.2. The number of hydrogen-bond acceptors (Lipinski definition) is 3. The standard InChI is InChI=1S/C11H8N2S/c1-2-4-9-8(3-1)5-6-10-11(9)14-13-7-12-10/h1-7H,(H,12,13). The van der Waals surface area contributed by atoms with Crippen LogP contribution in [0.25, 0.3) is 10.8 Å². The topological polar surface area (TPSA) is 24.4 Å². The summed E-state index contributed by atoms with van der Waals surface area (Å²) in [4.78, 5) is 5.50. The molecule has 68 valence electrons. The first-order valence-electron chi connectivity index (χ1n) is 4.42. The summed E-state index contributed by atoms with van der Waals surface area (Å²) < 4.78 is 3.06. The Labute approximate surface area is 86.2 Å². The molecule has 2 nitrogen and oxygen atoms in total. The molecule has 2 aromatic carbocycles. The van der Waals surface area contributed by atoms with Gasteiger partial charge in [0.1, 0.15) is 0 Å². The lowest BCUT2D eigenvalue weighted by molar-refractivity contribution is 1.35. The minimum absolute atomic E-state index is 1.05. The molecule has 0 unspecified atom stereocenters. The molecule has 0 aromatic heterocycles. The van der Waals surface area contributed by atoms with Gasteiger partial charge >= 0.3 is 0 Å². The Kier molecular flexibility index (Phi) is 1.70. The molecule has 0 amide bonds. The Morgan fingerprint density at radius 1 is 1.07 bits per heavy atom. The zero-order chi connectivity index (χ0) is 9.38. The van der Waals surface area contributed by atoms with Crippen LogP contribution in [0.1, 0.15) is 0 Å². The van der Waals surface area contributed by atoms with Crippen LogP contribution in [0.3, 0.4) is 0 Å². The number of fused-ring (bicyclic) bond motifs is 3. The average molecular weight is 200 g/mol. The van der Waals surface area contributed by atoms with Crippen LogP contribution in [-0.4, -0.2) is 6.34 Å². The maximum Gasteiger partial charge on any atom is 0.0988 e. The quantitative estimate of drug-likeness (QED) is 0.661. The lowest BCUT2D eigenvalue weighted by atomic mass is 10.1. The number of nitrogens with one attached hydrogen (secondary N) is 1. The fraction of sp³-hybridized carbons (Fsp3) is 0. The molecule has 0 bridgehead atoms. The summed E-state index contributed by atoms with van der Waals surface area (Å²) in [5.74, 6) is 0. The number of nitrogens with zero attached hydrogens (tertiary/aromatic N) is 1. The third kappa shape index (κ3) is 1.09. The number of rotatable bonds is 0.